The molecular formula is C14H22. The van der Waals surface area contributed by atoms with Crippen molar-refractivity contribution in [3.05, 3.63) is 34.4 Å². The summed E-state index contributed by atoms with van der Waals surface area (Å²) in [6.07, 6.45) is 5.79. The van der Waals surface area contributed by atoms with Crippen molar-refractivity contribution in [2.45, 2.75) is 48.0 Å². The van der Waals surface area contributed by atoms with E-state index in [4.69, 9.17) is 0 Å². The first-order valence-electron chi connectivity index (χ1n) is 5.39. The van der Waals surface area contributed by atoms with Gasteiger partial charge in [0.25, 0.3) is 0 Å². The third-order valence-corrected chi connectivity index (χ3v) is 3.53. The van der Waals surface area contributed by atoms with Gasteiger partial charge in [-0.3, -0.25) is 0 Å². The third kappa shape index (κ3) is 1.84. The van der Waals surface area contributed by atoms with E-state index in [1.54, 1.807) is 0 Å². The second-order valence-electron chi connectivity index (χ2n) is 4.99. The van der Waals surface area contributed by atoms with Crippen LogP contribution in [0.4, 0.5) is 0 Å². The van der Waals surface area contributed by atoms with Gasteiger partial charge in [0, 0.05) is 5.41 Å². The maximum atomic E-state index is 2.36. The fraction of sp³-hybridized carbons (Fsp3) is 0.571. The minimum Gasteiger partial charge on any atom is -0.0775 e. The van der Waals surface area contributed by atoms with Crippen LogP contribution in [0.5, 0.6) is 0 Å². The van der Waals surface area contributed by atoms with Crippen molar-refractivity contribution < 1.29 is 0 Å². The van der Waals surface area contributed by atoms with E-state index in [0.29, 0.717) is 0 Å². The van der Waals surface area contributed by atoms with Crippen LogP contribution in [-0.2, 0) is 0 Å². The quantitative estimate of drug-likeness (QED) is 0.556. The van der Waals surface area contributed by atoms with Crippen molar-refractivity contribution in [3.63, 3.8) is 0 Å². The van der Waals surface area contributed by atoms with Gasteiger partial charge in [-0.05, 0) is 39.7 Å². The highest BCUT2D eigenvalue weighted by Crippen LogP contribution is 2.42. The van der Waals surface area contributed by atoms with Crippen LogP contribution in [0, 0.1) is 5.41 Å². The van der Waals surface area contributed by atoms with Crippen LogP contribution in [-0.4, -0.2) is 0 Å². The first-order valence-corrected chi connectivity index (χ1v) is 5.39. The fourth-order valence-electron chi connectivity index (χ4n) is 2.20. The lowest BCUT2D eigenvalue weighted by Gasteiger charge is -2.30. The SMILES string of the molecule is CC1=CCC=C1C(C)(C)C(C)=C(C)C. The largest absolute Gasteiger partial charge is 0.0775 e. The second-order valence-corrected chi connectivity index (χ2v) is 4.99. The molecule has 1 rings (SSSR count). The molecule has 0 fully saturated rings. The molecule has 0 amide bonds. The Labute approximate surface area is 88.4 Å². The molecule has 0 heteroatoms. The van der Waals surface area contributed by atoms with Gasteiger partial charge in [-0.15, -0.1) is 0 Å². The van der Waals surface area contributed by atoms with Gasteiger partial charge in [0.2, 0.25) is 0 Å². The molecule has 1 aliphatic rings. The highest BCUT2D eigenvalue weighted by molar-refractivity contribution is 5.44. The Morgan fingerprint density at radius 3 is 2.07 bits per heavy atom. The average molecular weight is 190 g/mol. The molecule has 0 bridgehead atoms. The molecule has 1 aliphatic carbocycles. The summed E-state index contributed by atoms with van der Waals surface area (Å²) >= 11 is 0. The van der Waals surface area contributed by atoms with Gasteiger partial charge in [0.05, 0.1) is 0 Å². The minimum absolute atomic E-state index is 0.204. The van der Waals surface area contributed by atoms with Gasteiger partial charge >= 0.3 is 0 Å². The molecule has 0 aromatic heterocycles. The fourth-order valence-corrected chi connectivity index (χ4v) is 2.20. The van der Waals surface area contributed by atoms with Gasteiger partial charge in [-0.2, -0.15) is 0 Å². The smallest absolute Gasteiger partial charge is 0.0104 e. The maximum absolute atomic E-state index is 2.36. The molecule has 0 radical (unpaired) electrons. The predicted octanol–water partition coefficient (Wildman–Crippen LogP) is 4.65. The van der Waals surface area contributed by atoms with Gasteiger partial charge in [0.1, 0.15) is 0 Å². The molecule has 14 heavy (non-hydrogen) atoms. The monoisotopic (exact) mass is 190 g/mol. The summed E-state index contributed by atoms with van der Waals surface area (Å²) in [7, 11) is 0. The molecule has 0 N–H and O–H groups in total. The lowest BCUT2D eigenvalue weighted by Crippen LogP contribution is -2.17. The van der Waals surface area contributed by atoms with E-state index in [-0.39, 0.29) is 5.41 Å². The van der Waals surface area contributed by atoms with Crippen molar-refractivity contribution >= 4 is 0 Å². The molecule has 0 saturated heterocycles. The van der Waals surface area contributed by atoms with Crippen molar-refractivity contribution in [1.82, 2.24) is 0 Å². The highest BCUT2D eigenvalue weighted by atomic mass is 14.3. The van der Waals surface area contributed by atoms with E-state index in [1.807, 2.05) is 0 Å². The molecular weight excluding hydrogens is 168 g/mol. The van der Waals surface area contributed by atoms with Gasteiger partial charge < -0.3 is 0 Å². The second kappa shape index (κ2) is 3.76. The predicted molar refractivity (Wildman–Crippen MR) is 64.3 cm³/mol. The Balaban J connectivity index is 3.09. The van der Waals surface area contributed by atoms with Crippen LogP contribution in [0.15, 0.2) is 34.4 Å². The first kappa shape index (κ1) is 11.3. The lowest BCUT2D eigenvalue weighted by atomic mass is 9.74. The Bertz CT molecular complexity index is 318. The Morgan fingerprint density at radius 1 is 1.14 bits per heavy atom. The summed E-state index contributed by atoms with van der Waals surface area (Å²) in [5.74, 6) is 0. The Hall–Kier alpha value is -0.780. The van der Waals surface area contributed by atoms with E-state index < -0.39 is 0 Å². The highest BCUT2D eigenvalue weighted by Gasteiger charge is 2.27. The third-order valence-electron chi connectivity index (χ3n) is 3.53. The molecule has 0 spiro atoms. The molecule has 0 saturated carbocycles. The lowest BCUT2D eigenvalue weighted by molar-refractivity contribution is 0.540. The zero-order valence-electron chi connectivity index (χ0n) is 10.4. The Kier molecular flexibility index (Phi) is 3.04. The topological polar surface area (TPSA) is 0 Å². The van der Waals surface area contributed by atoms with E-state index in [1.165, 1.54) is 22.3 Å². The summed E-state index contributed by atoms with van der Waals surface area (Å²) in [5.41, 5.74) is 6.11. The van der Waals surface area contributed by atoms with Gasteiger partial charge in [0.15, 0.2) is 0 Å². The first-order chi connectivity index (χ1) is 6.37. The molecule has 0 atom stereocenters. The summed E-state index contributed by atoms with van der Waals surface area (Å²) in [4.78, 5) is 0. The summed E-state index contributed by atoms with van der Waals surface area (Å²) < 4.78 is 0. The molecule has 0 aromatic rings. The van der Waals surface area contributed by atoms with Crippen molar-refractivity contribution in [2.24, 2.45) is 5.41 Å². The van der Waals surface area contributed by atoms with E-state index in [0.717, 1.165) is 6.42 Å². The normalized spacial score (nSPS) is 16.4. The average Bonchev–Trinajstić information content (AvgIpc) is 2.50. The minimum atomic E-state index is 0.204. The van der Waals surface area contributed by atoms with Gasteiger partial charge in [-0.1, -0.05) is 42.7 Å². The van der Waals surface area contributed by atoms with E-state index in [2.05, 4.69) is 53.7 Å². The zero-order valence-corrected chi connectivity index (χ0v) is 10.4. The van der Waals surface area contributed by atoms with Crippen LogP contribution < -0.4 is 0 Å². The zero-order chi connectivity index (χ0) is 10.9. The molecule has 0 aromatic carbocycles. The molecule has 78 valence electrons. The number of rotatable bonds is 2. The number of allylic oxidation sites excluding steroid dienone is 6. The standard InChI is InChI=1S/C14H22/c1-10(2)12(4)14(5,6)13-9-7-8-11(13)3/h8-9H,7H2,1-6H3. The van der Waals surface area contributed by atoms with Crippen LogP contribution in [0.3, 0.4) is 0 Å². The van der Waals surface area contributed by atoms with Crippen LogP contribution in [0.1, 0.15) is 48.0 Å². The van der Waals surface area contributed by atoms with Crippen LogP contribution >= 0.6 is 0 Å². The van der Waals surface area contributed by atoms with Gasteiger partial charge in [-0.25, -0.2) is 0 Å². The van der Waals surface area contributed by atoms with Crippen molar-refractivity contribution in [3.8, 4) is 0 Å². The van der Waals surface area contributed by atoms with E-state index >= 15 is 0 Å². The summed E-state index contributed by atoms with van der Waals surface area (Å²) in [5, 5.41) is 0. The maximum Gasteiger partial charge on any atom is 0.0104 e. The molecule has 0 nitrogen and oxygen atoms in total. The molecule has 0 unspecified atom stereocenters. The van der Waals surface area contributed by atoms with Crippen molar-refractivity contribution in [1.29, 1.82) is 0 Å². The van der Waals surface area contributed by atoms with Crippen molar-refractivity contribution in [2.75, 3.05) is 0 Å². The van der Waals surface area contributed by atoms with E-state index in [9.17, 15) is 0 Å². The van der Waals surface area contributed by atoms with Crippen LogP contribution in [0.2, 0.25) is 0 Å². The number of hydrogen-bond donors (Lipinski definition) is 0. The molecule has 0 heterocycles. The number of hydrogen-bond acceptors (Lipinski definition) is 0. The molecule has 0 aliphatic heterocycles. The summed E-state index contributed by atoms with van der Waals surface area (Å²) in [6, 6.07) is 0. The Morgan fingerprint density at radius 2 is 1.71 bits per heavy atom. The summed E-state index contributed by atoms with van der Waals surface area (Å²) in [6.45, 7) is 13.5. The van der Waals surface area contributed by atoms with Crippen LogP contribution in [0.25, 0.3) is 0 Å².